The minimum atomic E-state index is 0. The molecule has 20 heavy (non-hydrogen) atoms. The van der Waals surface area contributed by atoms with Crippen molar-refractivity contribution in [1.29, 1.82) is 0 Å². The molecular formula is C15H27ClN2O2. The summed E-state index contributed by atoms with van der Waals surface area (Å²) in [4.78, 5) is 14.7. The summed E-state index contributed by atoms with van der Waals surface area (Å²) < 4.78 is 5.49. The van der Waals surface area contributed by atoms with Crippen LogP contribution in [-0.2, 0) is 9.53 Å². The van der Waals surface area contributed by atoms with Gasteiger partial charge >= 0.3 is 0 Å². The van der Waals surface area contributed by atoms with Crippen LogP contribution < -0.4 is 5.73 Å². The third-order valence-corrected chi connectivity index (χ3v) is 5.35. The summed E-state index contributed by atoms with van der Waals surface area (Å²) in [5.74, 6) is 0.573. The Morgan fingerprint density at radius 1 is 1.20 bits per heavy atom. The van der Waals surface area contributed by atoms with E-state index in [4.69, 9.17) is 10.5 Å². The van der Waals surface area contributed by atoms with Crippen LogP contribution in [0.25, 0.3) is 0 Å². The predicted molar refractivity (Wildman–Crippen MR) is 80.9 cm³/mol. The minimum Gasteiger partial charge on any atom is -0.381 e. The number of carbonyl (C=O) groups excluding carboxylic acids is 1. The molecule has 0 aromatic rings. The fraction of sp³-hybridized carbons (Fsp3) is 0.933. The molecule has 1 aliphatic carbocycles. The number of nitrogens with zero attached hydrogens (tertiary/aromatic N) is 1. The van der Waals surface area contributed by atoms with E-state index in [0.717, 1.165) is 64.8 Å². The highest BCUT2D eigenvalue weighted by Gasteiger charge is 2.40. The molecule has 0 aromatic heterocycles. The molecule has 3 fully saturated rings. The first-order valence-corrected chi connectivity index (χ1v) is 7.81. The molecule has 3 rings (SSSR count). The molecule has 4 nitrogen and oxygen atoms in total. The van der Waals surface area contributed by atoms with Crippen LogP contribution >= 0.6 is 12.4 Å². The quantitative estimate of drug-likeness (QED) is 0.805. The van der Waals surface area contributed by atoms with Gasteiger partial charge in [0.05, 0.1) is 0 Å². The number of amides is 1. The number of hydrogen-bond acceptors (Lipinski definition) is 3. The maximum absolute atomic E-state index is 12.6. The Morgan fingerprint density at radius 2 is 1.95 bits per heavy atom. The van der Waals surface area contributed by atoms with Gasteiger partial charge < -0.3 is 15.4 Å². The summed E-state index contributed by atoms with van der Waals surface area (Å²) in [6.45, 7) is 3.65. The second-order valence-corrected chi connectivity index (χ2v) is 6.75. The lowest BCUT2D eigenvalue weighted by atomic mass is 9.73. The molecule has 2 saturated heterocycles. The molecule has 2 N–H and O–H groups in total. The molecule has 2 aliphatic heterocycles. The van der Waals surface area contributed by atoms with Crippen LogP contribution in [0.3, 0.4) is 0 Å². The van der Waals surface area contributed by atoms with Gasteiger partial charge in [0.15, 0.2) is 0 Å². The van der Waals surface area contributed by atoms with Gasteiger partial charge in [0, 0.05) is 38.3 Å². The zero-order valence-electron chi connectivity index (χ0n) is 12.2. The first-order valence-electron chi connectivity index (χ1n) is 7.81. The molecule has 2 heterocycles. The van der Waals surface area contributed by atoms with Gasteiger partial charge in [-0.15, -0.1) is 12.4 Å². The monoisotopic (exact) mass is 302 g/mol. The molecule has 5 heteroatoms. The van der Waals surface area contributed by atoms with E-state index in [0.29, 0.717) is 11.3 Å². The molecule has 0 radical (unpaired) electrons. The zero-order chi connectivity index (χ0) is 13.3. The topological polar surface area (TPSA) is 55.6 Å². The number of piperidine rings is 1. The number of hydrogen-bond donors (Lipinski definition) is 1. The number of carbonyl (C=O) groups is 1. The van der Waals surface area contributed by atoms with E-state index in [1.165, 1.54) is 6.42 Å². The Hall–Kier alpha value is -0.320. The smallest absolute Gasteiger partial charge is 0.225 e. The van der Waals surface area contributed by atoms with Crippen LogP contribution in [0.2, 0.25) is 0 Å². The van der Waals surface area contributed by atoms with Crippen molar-refractivity contribution >= 4 is 18.3 Å². The van der Waals surface area contributed by atoms with Crippen molar-refractivity contribution in [2.45, 2.75) is 51.0 Å². The Bertz CT molecular complexity index is 339. The molecule has 0 bridgehead atoms. The Balaban J connectivity index is 0.00000147. The minimum absolute atomic E-state index is 0. The Labute approximate surface area is 127 Å². The fourth-order valence-corrected chi connectivity index (χ4v) is 4.11. The van der Waals surface area contributed by atoms with Crippen molar-refractivity contribution in [3.63, 3.8) is 0 Å². The highest BCUT2D eigenvalue weighted by atomic mass is 35.5. The SMILES string of the molecule is Cl.N[C@@H]1CC[C@H](C(=O)N2CCCC3(CCOCC3)C2)C1. The second kappa shape index (κ2) is 6.63. The third kappa shape index (κ3) is 3.29. The average Bonchev–Trinajstić information content (AvgIpc) is 2.85. The normalized spacial score (nSPS) is 33.0. The number of rotatable bonds is 1. The number of likely N-dealkylation sites (tertiary alicyclic amines) is 1. The van der Waals surface area contributed by atoms with E-state index in [-0.39, 0.29) is 24.4 Å². The summed E-state index contributed by atoms with van der Waals surface area (Å²) in [6, 6.07) is 0.246. The van der Waals surface area contributed by atoms with Gasteiger partial charge in [0.25, 0.3) is 0 Å². The molecule has 1 spiro atoms. The first kappa shape index (κ1) is 16.1. The van der Waals surface area contributed by atoms with Crippen molar-refractivity contribution in [3.05, 3.63) is 0 Å². The van der Waals surface area contributed by atoms with Crippen LogP contribution in [0.5, 0.6) is 0 Å². The van der Waals surface area contributed by atoms with Gasteiger partial charge in [-0.1, -0.05) is 0 Å². The van der Waals surface area contributed by atoms with Gasteiger partial charge in [0.1, 0.15) is 0 Å². The van der Waals surface area contributed by atoms with Gasteiger partial charge in [-0.3, -0.25) is 4.79 Å². The summed E-state index contributed by atoms with van der Waals surface area (Å²) in [6.07, 6.45) is 7.58. The van der Waals surface area contributed by atoms with Crippen molar-refractivity contribution < 1.29 is 9.53 Å². The van der Waals surface area contributed by atoms with E-state index in [1.54, 1.807) is 0 Å². The molecule has 0 unspecified atom stereocenters. The average molecular weight is 303 g/mol. The molecule has 3 aliphatic rings. The summed E-state index contributed by atoms with van der Waals surface area (Å²) in [5, 5.41) is 0. The maximum atomic E-state index is 12.6. The first-order chi connectivity index (χ1) is 9.19. The molecule has 116 valence electrons. The van der Waals surface area contributed by atoms with Gasteiger partial charge in [-0.25, -0.2) is 0 Å². The van der Waals surface area contributed by atoms with E-state index >= 15 is 0 Å². The fourth-order valence-electron chi connectivity index (χ4n) is 4.11. The van der Waals surface area contributed by atoms with Crippen molar-refractivity contribution in [2.24, 2.45) is 17.1 Å². The van der Waals surface area contributed by atoms with Gasteiger partial charge in [-0.2, -0.15) is 0 Å². The highest BCUT2D eigenvalue weighted by Crippen LogP contribution is 2.40. The van der Waals surface area contributed by atoms with Crippen molar-refractivity contribution in [2.75, 3.05) is 26.3 Å². The number of nitrogens with two attached hydrogens (primary N) is 1. The molecule has 1 amide bonds. The largest absolute Gasteiger partial charge is 0.381 e. The van der Waals surface area contributed by atoms with Crippen LogP contribution in [-0.4, -0.2) is 43.2 Å². The van der Waals surface area contributed by atoms with Gasteiger partial charge in [-0.05, 0) is 50.4 Å². The van der Waals surface area contributed by atoms with E-state index in [1.807, 2.05) is 0 Å². The summed E-state index contributed by atoms with van der Waals surface area (Å²) in [7, 11) is 0. The lowest BCUT2D eigenvalue weighted by molar-refractivity contribution is -0.141. The standard InChI is InChI=1S/C15H26N2O2.ClH/c16-13-3-2-12(10-13)14(18)17-7-1-4-15(11-17)5-8-19-9-6-15;/h12-13H,1-11,16H2;1H/t12-,13+;/m0./s1. The molecule has 2 atom stereocenters. The maximum Gasteiger partial charge on any atom is 0.225 e. The Morgan fingerprint density at radius 3 is 2.60 bits per heavy atom. The van der Waals surface area contributed by atoms with E-state index in [2.05, 4.69) is 4.90 Å². The number of halogens is 1. The summed E-state index contributed by atoms with van der Waals surface area (Å²) in [5.41, 5.74) is 6.30. The van der Waals surface area contributed by atoms with Crippen LogP contribution in [0, 0.1) is 11.3 Å². The van der Waals surface area contributed by atoms with Crippen LogP contribution in [0.1, 0.15) is 44.9 Å². The van der Waals surface area contributed by atoms with E-state index < -0.39 is 0 Å². The molecule has 1 saturated carbocycles. The van der Waals surface area contributed by atoms with Crippen LogP contribution in [0.15, 0.2) is 0 Å². The zero-order valence-corrected chi connectivity index (χ0v) is 13.0. The second-order valence-electron chi connectivity index (χ2n) is 6.75. The highest BCUT2D eigenvalue weighted by molar-refractivity contribution is 5.85. The third-order valence-electron chi connectivity index (χ3n) is 5.35. The van der Waals surface area contributed by atoms with Crippen molar-refractivity contribution in [3.8, 4) is 0 Å². The van der Waals surface area contributed by atoms with E-state index in [9.17, 15) is 4.79 Å². The Kier molecular flexibility index (Phi) is 5.32. The van der Waals surface area contributed by atoms with Crippen molar-refractivity contribution in [1.82, 2.24) is 4.90 Å². The lowest BCUT2D eigenvalue weighted by Gasteiger charge is -2.45. The van der Waals surface area contributed by atoms with Crippen LogP contribution in [0.4, 0.5) is 0 Å². The molecule has 0 aromatic carbocycles. The molecular weight excluding hydrogens is 276 g/mol. The predicted octanol–water partition coefficient (Wildman–Crippen LogP) is 1.95. The number of ether oxygens (including phenoxy) is 1. The summed E-state index contributed by atoms with van der Waals surface area (Å²) >= 11 is 0. The van der Waals surface area contributed by atoms with Gasteiger partial charge in [0.2, 0.25) is 5.91 Å². The lowest BCUT2D eigenvalue weighted by Crippen LogP contribution is -2.49.